The Kier molecular flexibility index (Phi) is 9.50. The van der Waals surface area contributed by atoms with Crippen LogP contribution >= 0.6 is 0 Å². The molecule has 0 amide bonds. The van der Waals surface area contributed by atoms with Crippen LogP contribution in [-0.2, 0) is 0 Å². The van der Waals surface area contributed by atoms with Crippen LogP contribution in [0, 0.1) is 17.2 Å². The molecule has 82 valence electrons. The van der Waals surface area contributed by atoms with Gasteiger partial charge in [-0.05, 0) is 0 Å². The van der Waals surface area contributed by atoms with Crippen LogP contribution in [0.15, 0.2) is 0 Å². The zero-order valence-corrected chi connectivity index (χ0v) is 10.9. The quantitative estimate of drug-likeness (QED) is 0.540. The third kappa shape index (κ3) is 6.43. The van der Waals surface area contributed by atoms with Gasteiger partial charge in [0.1, 0.15) is 0 Å². The number of aliphatic hydroxyl groups excluding tert-OH is 1. The number of nitrogens with zero attached hydrogens (tertiary/aromatic N) is 1. The van der Waals surface area contributed by atoms with Crippen molar-refractivity contribution in [2.45, 2.75) is 56.3 Å². The molecule has 0 heterocycles. The molecule has 0 bridgehead atoms. The Labute approximate surface area is 93.9 Å². The normalized spacial score (nSPS) is 14.7. The average Bonchev–Trinajstić information content (AvgIpc) is 2.18. The maximum atomic E-state index is 9.65. The summed E-state index contributed by atoms with van der Waals surface area (Å²) in [5, 5.41) is 20.7. The van der Waals surface area contributed by atoms with Crippen molar-refractivity contribution in [1.29, 1.82) is 5.26 Å². The molecule has 2 unspecified atom stereocenters. The van der Waals surface area contributed by atoms with Crippen LogP contribution in [0.4, 0.5) is 0 Å². The van der Waals surface area contributed by atoms with E-state index in [1.165, 1.54) is 18.2 Å². The molecular weight excluding hydrogens is 241 g/mol. The molecule has 0 spiro atoms. The Balaban J connectivity index is 3.63. The number of unbranched alkanes of at least 4 members (excludes halogenated alkanes) is 1. The maximum absolute atomic E-state index is 9.65. The van der Waals surface area contributed by atoms with Gasteiger partial charge in [-0.1, -0.05) is 0 Å². The van der Waals surface area contributed by atoms with E-state index in [1.807, 2.05) is 6.92 Å². The topological polar surface area (TPSA) is 44.0 Å². The van der Waals surface area contributed by atoms with Crippen molar-refractivity contribution in [1.82, 2.24) is 0 Å². The fourth-order valence-electron chi connectivity index (χ4n) is 1.19. The molecule has 0 fully saturated rings. The van der Waals surface area contributed by atoms with Crippen molar-refractivity contribution in [2.75, 3.05) is 0 Å². The third-order valence-corrected chi connectivity index (χ3v) is 4.61. The molecular formula is C11H21NOSe. The second-order valence-electron chi connectivity index (χ2n) is 3.52. The van der Waals surface area contributed by atoms with E-state index in [0.717, 1.165) is 18.2 Å². The van der Waals surface area contributed by atoms with Crippen molar-refractivity contribution >= 4 is 15.0 Å². The Morgan fingerprint density at radius 2 is 2.07 bits per heavy atom. The van der Waals surface area contributed by atoms with Gasteiger partial charge < -0.3 is 0 Å². The summed E-state index contributed by atoms with van der Waals surface area (Å²) in [6.45, 7) is 4.23. The average molecular weight is 262 g/mol. The van der Waals surface area contributed by atoms with Gasteiger partial charge in [0.2, 0.25) is 0 Å². The van der Waals surface area contributed by atoms with Gasteiger partial charge in [-0.2, -0.15) is 0 Å². The van der Waals surface area contributed by atoms with Crippen LogP contribution in [0.25, 0.3) is 0 Å². The molecule has 14 heavy (non-hydrogen) atoms. The van der Waals surface area contributed by atoms with Crippen molar-refractivity contribution < 1.29 is 5.11 Å². The predicted octanol–water partition coefficient (Wildman–Crippen LogP) is 2.63. The SMILES string of the molecule is CCCC[Se]CC(C#N)C(O)CCC. The van der Waals surface area contributed by atoms with Crippen molar-refractivity contribution in [3.05, 3.63) is 0 Å². The fourth-order valence-corrected chi connectivity index (χ4v) is 3.73. The molecule has 0 aromatic heterocycles. The molecule has 0 aromatic rings. The summed E-state index contributed by atoms with van der Waals surface area (Å²) in [6.07, 6.45) is 3.83. The second-order valence-corrected chi connectivity index (χ2v) is 5.93. The van der Waals surface area contributed by atoms with E-state index < -0.39 is 6.10 Å². The third-order valence-electron chi connectivity index (χ3n) is 2.15. The summed E-state index contributed by atoms with van der Waals surface area (Å²) in [6, 6.07) is 2.23. The van der Waals surface area contributed by atoms with Gasteiger partial charge in [-0.3, -0.25) is 0 Å². The van der Waals surface area contributed by atoms with Crippen molar-refractivity contribution in [3.63, 3.8) is 0 Å². The first-order valence-corrected chi connectivity index (χ1v) is 7.83. The van der Waals surface area contributed by atoms with Crippen LogP contribution in [0.2, 0.25) is 10.6 Å². The molecule has 2 atom stereocenters. The summed E-state index contributed by atoms with van der Waals surface area (Å²) in [7, 11) is 0. The minimum atomic E-state index is -0.395. The molecule has 0 aromatic carbocycles. The summed E-state index contributed by atoms with van der Waals surface area (Å²) >= 11 is 0.547. The van der Waals surface area contributed by atoms with Crippen LogP contribution in [0.5, 0.6) is 0 Å². The Morgan fingerprint density at radius 1 is 1.36 bits per heavy atom. The van der Waals surface area contributed by atoms with E-state index in [2.05, 4.69) is 13.0 Å². The molecule has 1 N–H and O–H groups in total. The molecule has 0 aliphatic carbocycles. The first kappa shape index (κ1) is 14.0. The van der Waals surface area contributed by atoms with Crippen LogP contribution in [0.3, 0.4) is 0 Å². The molecule has 0 saturated heterocycles. The van der Waals surface area contributed by atoms with E-state index in [1.54, 1.807) is 0 Å². The standard InChI is InChI=1S/C11H21NOSe/c1-3-5-7-14-9-10(8-12)11(13)6-4-2/h10-11,13H,3-7,9H2,1-2H3. The predicted molar refractivity (Wildman–Crippen MR) is 60.3 cm³/mol. The molecule has 0 aliphatic heterocycles. The summed E-state index contributed by atoms with van der Waals surface area (Å²) in [5.41, 5.74) is 0. The van der Waals surface area contributed by atoms with E-state index in [0.29, 0.717) is 15.0 Å². The summed E-state index contributed by atoms with van der Waals surface area (Å²) < 4.78 is 0. The summed E-state index contributed by atoms with van der Waals surface area (Å²) in [4.78, 5) is 0. The fraction of sp³-hybridized carbons (Fsp3) is 0.909. The van der Waals surface area contributed by atoms with Crippen LogP contribution in [0.1, 0.15) is 39.5 Å². The second kappa shape index (κ2) is 9.52. The van der Waals surface area contributed by atoms with Gasteiger partial charge >= 0.3 is 93.6 Å². The minimum absolute atomic E-state index is 0.119. The molecule has 0 radical (unpaired) electrons. The summed E-state index contributed by atoms with van der Waals surface area (Å²) in [5.74, 6) is -0.119. The van der Waals surface area contributed by atoms with Gasteiger partial charge in [0.15, 0.2) is 0 Å². The number of rotatable bonds is 8. The van der Waals surface area contributed by atoms with Crippen LogP contribution in [-0.4, -0.2) is 26.2 Å². The zero-order valence-electron chi connectivity index (χ0n) is 9.20. The molecule has 0 saturated carbocycles. The van der Waals surface area contributed by atoms with Gasteiger partial charge in [0.05, 0.1) is 0 Å². The Morgan fingerprint density at radius 3 is 2.57 bits per heavy atom. The number of aliphatic hydroxyl groups is 1. The van der Waals surface area contributed by atoms with Gasteiger partial charge in [0, 0.05) is 0 Å². The van der Waals surface area contributed by atoms with Gasteiger partial charge in [0.25, 0.3) is 0 Å². The van der Waals surface area contributed by atoms with Gasteiger partial charge in [-0.15, -0.1) is 0 Å². The van der Waals surface area contributed by atoms with E-state index >= 15 is 0 Å². The van der Waals surface area contributed by atoms with E-state index in [9.17, 15) is 5.11 Å². The first-order chi connectivity index (χ1) is 6.76. The Bertz CT molecular complexity index is 167. The van der Waals surface area contributed by atoms with Gasteiger partial charge in [-0.25, -0.2) is 0 Å². The molecule has 0 aliphatic rings. The van der Waals surface area contributed by atoms with Crippen LogP contribution < -0.4 is 0 Å². The first-order valence-electron chi connectivity index (χ1n) is 5.41. The number of hydrogen-bond donors (Lipinski definition) is 1. The molecule has 2 nitrogen and oxygen atoms in total. The number of nitriles is 1. The van der Waals surface area contributed by atoms with Crippen molar-refractivity contribution in [2.24, 2.45) is 5.92 Å². The zero-order chi connectivity index (χ0) is 10.8. The number of hydrogen-bond acceptors (Lipinski definition) is 2. The van der Waals surface area contributed by atoms with E-state index in [-0.39, 0.29) is 5.92 Å². The monoisotopic (exact) mass is 263 g/mol. The Hall–Kier alpha value is -0.0305. The molecule has 0 rings (SSSR count). The van der Waals surface area contributed by atoms with Crippen molar-refractivity contribution in [3.8, 4) is 6.07 Å². The molecule has 3 heteroatoms. The van der Waals surface area contributed by atoms with E-state index in [4.69, 9.17) is 5.26 Å².